The van der Waals surface area contributed by atoms with E-state index in [1.807, 2.05) is 11.8 Å². The molecule has 1 nitrogen and oxygen atoms in total. The van der Waals surface area contributed by atoms with Crippen molar-refractivity contribution in [1.29, 1.82) is 0 Å². The number of rotatable bonds is 3. The van der Waals surface area contributed by atoms with E-state index in [2.05, 4.69) is 67.0 Å². The first kappa shape index (κ1) is 16.0. The van der Waals surface area contributed by atoms with E-state index >= 15 is 0 Å². The quantitative estimate of drug-likeness (QED) is 0.659. The second-order valence-corrected chi connectivity index (χ2v) is 12.1. The molecule has 0 amide bonds. The molecule has 0 atom stereocenters. The molecule has 0 spiro atoms. The van der Waals surface area contributed by atoms with Crippen LogP contribution in [-0.2, 0) is 0 Å². The molecule has 2 aromatic rings. The Morgan fingerprint density at radius 1 is 0.955 bits per heavy atom. The Morgan fingerprint density at radius 2 is 1.68 bits per heavy atom. The molecule has 2 aromatic carbocycles. The van der Waals surface area contributed by atoms with Crippen LogP contribution in [0.15, 0.2) is 52.3 Å². The van der Waals surface area contributed by atoms with Gasteiger partial charge in [0.25, 0.3) is 0 Å². The Hall–Kier alpha value is -0.891. The predicted octanol–water partition coefficient (Wildman–Crippen LogP) is 5.40. The summed E-state index contributed by atoms with van der Waals surface area (Å²) in [6, 6.07) is 15.7. The van der Waals surface area contributed by atoms with Crippen LogP contribution in [0, 0.1) is 13.8 Å². The van der Waals surface area contributed by atoms with Gasteiger partial charge in [0.05, 0.1) is 0 Å². The molecule has 3 heteroatoms. The van der Waals surface area contributed by atoms with Gasteiger partial charge in [0.2, 0.25) is 0 Å². The van der Waals surface area contributed by atoms with Crippen molar-refractivity contribution in [3.8, 4) is 0 Å². The van der Waals surface area contributed by atoms with E-state index in [1.165, 1.54) is 50.3 Å². The second kappa shape index (κ2) is 7.12. The summed E-state index contributed by atoms with van der Waals surface area (Å²) in [5, 5.41) is 2.87. The molecule has 0 N–H and O–H groups in total. The van der Waals surface area contributed by atoms with Gasteiger partial charge in [-0.3, -0.25) is 0 Å². The Balaban J connectivity index is 1.85. The Bertz CT molecular complexity index is 648. The Labute approximate surface area is 143 Å². The molecule has 116 valence electrons. The first-order chi connectivity index (χ1) is 10.6. The van der Waals surface area contributed by atoms with E-state index in [0.29, 0.717) is 0 Å². The average molecular weight is 377 g/mol. The minimum atomic E-state index is -0.276. The third-order valence-corrected chi connectivity index (χ3v) is 9.11. The molecular weight excluding hydrogens is 353 g/mol. The van der Waals surface area contributed by atoms with E-state index in [1.54, 1.807) is 0 Å². The summed E-state index contributed by atoms with van der Waals surface area (Å²) in [7, 11) is 0. The fraction of sp³-hybridized carbons (Fsp3) is 0.368. The standard InChI is InChI=1S/C19H24NSSe/c1-15-8-9-18(16(2)14-15)21-19-7-5-4-6-17(19)20-10-12-22(3)13-11-20/h4-9,14H,10-13H2,1-3H3/q+1. The fourth-order valence-electron chi connectivity index (χ4n) is 2.82. The molecule has 0 unspecified atom stereocenters. The maximum absolute atomic E-state index is 2.59. The molecule has 1 saturated heterocycles. The van der Waals surface area contributed by atoms with Gasteiger partial charge in [0, 0.05) is 0 Å². The molecule has 0 aromatic heterocycles. The van der Waals surface area contributed by atoms with Crippen LogP contribution in [0.2, 0.25) is 16.5 Å². The van der Waals surface area contributed by atoms with Crippen LogP contribution in [-0.4, -0.2) is 27.0 Å². The molecule has 1 aliphatic heterocycles. The summed E-state index contributed by atoms with van der Waals surface area (Å²) in [6.07, 6.45) is 0. The number of aryl methyl sites for hydroxylation is 2. The van der Waals surface area contributed by atoms with Gasteiger partial charge in [-0.2, -0.15) is 0 Å². The monoisotopic (exact) mass is 378 g/mol. The van der Waals surface area contributed by atoms with Crippen molar-refractivity contribution < 1.29 is 0 Å². The van der Waals surface area contributed by atoms with Gasteiger partial charge in [-0.05, 0) is 0 Å². The van der Waals surface area contributed by atoms with Crippen LogP contribution in [0.3, 0.4) is 0 Å². The van der Waals surface area contributed by atoms with Crippen molar-refractivity contribution in [2.75, 3.05) is 18.0 Å². The zero-order valence-corrected chi connectivity index (χ0v) is 16.2. The van der Waals surface area contributed by atoms with Crippen molar-refractivity contribution in [1.82, 2.24) is 0 Å². The first-order valence-corrected chi connectivity index (χ1v) is 12.8. The zero-order valence-electron chi connectivity index (χ0n) is 13.6. The molecule has 1 fully saturated rings. The van der Waals surface area contributed by atoms with Crippen molar-refractivity contribution >= 4 is 31.4 Å². The summed E-state index contributed by atoms with van der Waals surface area (Å²) in [5.41, 5.74) is 4.13. The zero-order chi connectivity index (χ0) is 15.5. The number of benzene rings is 2. The van der Waals surface area contributed by atoms with Crippen LogP contribution < -0.4 is 4.90 Å². The average Bonchev–Trinajstić information content (AvgIpc) is 2.51. The molecule has 0 saturated carbocycles. The van der Waals surface area contributed by atoms with E-state index in [4.69, 9.17) is 0 Å². The molecule has 1 heterocycles. The third-order valence-electron chi connectivity index (χ3n) is 4.18. The van der Waals surface area contributed by atoms with Crippen LogP contribution in [0.5, 0.6) is 0 Å². The summed E-state index contributed by atoms with van der Waals surface area (Å²) in [5.74, 6) is 2.49. The van der Waals surface area contributed by atoms with Gasteiger partial charge in [0.1, 0.15) is 0 Å². The topological polar surface area (TPSA) is 3.24 Å². The first-order valence-electron chi connectivity index (χ1n) is 7.82. The SMILES string of the molecule is Cc1ccc(Sc2ccccc2N2CC[Se+](C)CC2)c(C)c1. The minimum absolute atomic E-state index is 0.276. The molecular formula is C19H24NSSe+. The van der Waals surface area contributed by atoms with E-state index in [0.717, 1.165) is 0 Å². The maximum atomic E-state index is 2.59. The van der Waals surface area contributed by atoms with Gasteiger partial charge < -0.3 is 0 Å². The van der Waals surface area contributed by atoms with Gasteiger partial charge in [-0.1, -0.05) is 0 Å². The summed E-state index contributed by atoms with van der Waals surface area (Å²) >= 11 is 1.64. The van der Waals surface area contributed by atoms with Gasteiger partial charge >= 0.3 is 143 Å². The van der Waals surface area contributed by atoms with Crippen molar-refractivity contribution in [2.24, 2.45) is 0 Å². The van der Waals surface area contributed by atoms with E-state index in [9.17, 15) is 0 Å². The summed E-state index contributed by atoms with van der Waals surface area (Å²) in [6.45, 7) is 6.86. The molecule has 0 bridgehead atoms. The normalized spacial score (nSPS) is 16.0. The van der Waals surface area contributed by atoms with Crippen LogP contribution in [0.25, 0.3) is 0 Å². The van der Waals surface area contributed by atoms with Gasteiger partial charge in [-0.25, -0.2) is 0 Å². The molecule has 1 aliphatic rings. The number of para-hydroxylation sites is 1. The van der Waals surface area contributed by atoms with E-state index < -0.39 is 0 Å². The predicted molar refractivity (Wildman–Crippen MR) is 99.9 cm³/mol. The molecule has 22 heavy (non-hydrogen) atoms. The number of anilines is 1. The van der Waals surface area contributed by atoms with Gasteiger partial charge in [-0.15, -0.1) is 0 Å². The van der Waals surface area contributed by atoms with Crippen LogP contribution in [0.1, 0.15) is 11.1 Å². The Kier molecular flexibility index (Phi) is 5.17. The number of nitrogens with zero attached hydrogens (tertiary/aromatic N) is 1. The fourth-order valence-corrected chi connectivity index (χ4v) is 6.53. The van der Waals surface area contributed by atoms with Crippen LogP contribution >= 0.6 is 11.8 Å². The van der Waals surface area contributed by atoms with Crippen molar-refractivity contribution in [2.45, 2.75) is 40.1 Å². The van der Waals surface area contributed by atoms with Crippen molar-refractivity contribution in [3.05, 3.63) is 53.6 Å². The van der Waals surface area contributed by atoms with Crippen LogP contribution in [0.4, 0.5) is 5.69 Å². The molecule has 0 radical (unpaired) electrons. The summed E-state index contributed by atoms with van der Waals surface area (Å²) in [4.78, 5) is 5.36. The molecule has 3 rings (SSSR count). The number of hydrogen-bond acceptors (Lipinski definition) is 2. The second-order valence-electron chi connectivity index (χ2n) is 6.02. The molecule has 0 aliphatic carbocycles. The van der Waals surface area contributed by atoms with E-state index in [-0.39, 0.29) is 13.9 Å². The number of hydrogen-bond donors (Lipinski definition) is 0. The third kappa shape index (κ3) is 3.71. The summed E-state index contributed by atoms with van der Waals surface area (Å²) < 4.78 is 0. The Morgan fingerprint density at radius 3 is 2.41 bits per heavy atom. The van der Waals surface area contributed by atoms with Gasteiger partial charge in [0.15, 0.2) is 0 Å². The van der Waals surface area contributed by atoms with Crippen molar-refractivity contribution in [3.63, 3.8) is 0 Å².